The number of H-pyrrole nitrogens is 1. The zero-order chi connectivity index (χ0) is 12.5. The van der Waals surface area contributed by atoms with Gasteiger partial charge < -0.3 is 9.72 Å². The van der Waals surface area contributed by atoms with Crippen molar-refractivity contribution < 1.29 is 4.74 Å². The number of hydrogen-bond donors (Lipinski definition) is 1. The van der Waals surface area contributed by atoms with Gasteiger partial charge in [-0.25, -0.2) is 9.97 Å². The van der Waals surface area contributed by atoms with Crippen LogP contribution in [0.5, 0.6) is 11.6 Å². The summed E-state index contributed by atoms with van der Waals surface area (Å²) in [5.74, 6) is 1.36. The van der Waals surface area contributed by atoms with E-state index >= 15 is 0 Å². The lowest BCUT2D eigenvalue weighted by atomic mass is 10.1. The topological polar surface area (TPSA) is 50.8 Å². The van der Waals surface area contributed by atoms with Crippen LogP contribution in [0.25, 0.3) is 11.0 Å². The zero-order valence-electron chi connectivity index (χ0n) is 10.3. The Morgan fingerprint density at radius 2 is 1.94 bits per heavy atom. The molecule has 1 aromatic carbocycles. The molecule has 0 spiro atoms. The normalized spacial score (nSPS) is 10.8. The van der Waals surface area contributed by atoms with Gasteiger partial charge in [0.25, 0.3) is 0 Å². The minimum atomic E-state index is 0.574. The molecule has 0 saturated heterocycles. The van der Waals surface area contributed by atoms with Crippen LogP contribution in [0.4, 0.5) is 0 Å². The standard InChI is InChI=1S/C14H13N3O/c1-9-3-4-11(7-10(9)2)18-14-12-5-6-15-13(12)16-8-17-14/h3-8H,1-2H3,(H,15,16,17). The molecule has 0 fully saturated rings. The molecule has 4 nitrogen and oxygen atoms in total. The summed E-state index contributed by atoms with van der Waals surface area (Å²) in [6.45, 7) is 4.14. The molecule has 0 unspecified atom stereocenters. The minimum absolute atomic E-state index is 0.574. The first-order valence-corrected chi connectivity index (χ1v) is 5.77. The van der Waals surface area contributed by atoms with Crippen LogP contribution in [0, 0.1) is 13.8 Å². The highest BCUT2D eigenvalue weighted by molar-refractivity contribution is 5.80. The van der Waals surface area contributed by atoms with E-state index in [1.807, 2.05) is 30.5 Å². The number of aromatic amines is 1. The lowest BCUT2D eigenvalue weighted by Crippen LogP contribution is -1.91. The molecule has 0 aliphatic rings. The molecular weight excluding hydrogens is 226 g/mol. The number of aromatic nitrogens is 3. The van der Waals surface area contributed by atoms with E-state index in [1.165, 1.54) is 17.5 Å². The lowest BCUT2D eigenvalue weighted by molar-refractivity contribution is 0.467. The van der Waals surface area contributed by atoms with Crippen LogP contribution in [-0.2, 0) is 0 Å². The molecule has 0 aliphatic carbocycles. The number of benzene rings is 1. The van der Waals surface area contributed by atoms with Gasteiger partial charge in [-0.1, -0.05) is 6.07 Å². The van der Waals surface area contributed by atoms with Crippen molar-refractivity contribution in [2.24, 2.45) is 0 Å². The Hall–Kier alpha value is -2.36. The molecule has 0 amide bonds. The van der Waals surface area contributed by atoms with Crippen molar-refractivity contribution in [3.8, 4) is 11.6 Å². The highest BCUT2D eigenvalue weighted by Crippen LogP contribution is 2.27. The average Bonchev–Trinajstić information content (AvgIpc) is 2.83. The SMILES string of the molecule is Cc1ccc(Oc2ncnc3[nH]ccc23)cc1C. The largest absolute Gasteiger partial charge is 0.438 e. The second kappa shape index (κ2) is 4.14. The molecule has 0 saturated carbocycles. The quantitative estimate of drug-likeness (QED) is 0.746. The molecular formula is C14H13N3O. The van der Waals surface area contributed by atoms with Crippen LogP contribution in [0.3, 0.4) is 0 Å². The fourth-order valence-corrected chi connectivity index (χ4v) is 1.82. The van der Waals surface area contributed by atoms with Crippen LogP contribution in [-0.4, -0.2) is 15.0 Å². The molecule has 1 N–H and O–H groups in total. The fourth-order valence-electron chi connectivity index (χ4n) is 1.82. The van der Waals surface area contributed by atoms with Crippen molar-refractivity contribution in [3.05, 3.63) is 47.9 Å². The highest BCUT2D eigenvalue weighted by Gasteiger charge is 2.07. The Labute approximate surface area is 105 Å². The second-order valence-electron chi connectivity index (χ2n) is 4.27. The van der Waals surface area contributed by atoms with E-state index in [-0.39, 0.29) is 0 Å². The Kier molecular flexibility index (Phi) is 2.48. The number of nitrogens with one attached hydrogen (secondary N) is 1. The summed E-state index contributed by atoms with van der Waals surface area (Å²) in [5.41, 5.74) is 3.23. The maximum atomic E-state index is 5.81. The average molecular weight is 239 g/mol. The van der Waals surface area contributed by atoms with Gasteiger partial charge >= 0.3 is 0 Å². The molecule has 90 valence electrons. The predicted octanol–water partition coefficient (Wildman–Crippen LogP) is 3.37. The summed E-state index contributed by atoms with van der Waals surface area (Å²) in [6.07, 6.45) is 3.32. The number of aryl methyl sites for hydroxylation is 2. The van der Waals surface area contributed by atoms with Gasteiger partial charge in [-0.3, -0.25) is 0 Å². The molecule has 2 aromatic heterocycles. The van der Waals surface area contributed by atoms with Gasteiger partial charge in [0.2, 0.25) is 5.88 Å². The second-order valence-corrected chi connectivity index (χ2v) is 4.27. The van der Waals surface area contributed by atoms with E-state index in [9.17, 15) is 0 Å². The third-order valence-electron chi connectivity index (χ3n) is 3.01. The number of rotatable bonds is 2. The van der Waals surface area contributed by atoms with Crippen molar-refractivity contribution in [3.63, 3.8) is 0 Å². The monoisotopic (exact) mass is 239 g/mol. The van der Waals surface area contributed by atoms with Crippen molar-refractivity contribution >= 4 is 11.0 Å². The van der Waals surface area contributed by atoms with Crippen LogP contribution in [0.1, 0.15) is 11.1 Å². The van der Waals surface area contributed by atoms with E-state index < -0.39 is 0 Å². The summed E-state index contributed by atoms with van der Waals surface area (Å²) in [4.78, 5) is 11.3. The minimum Gasteiger partial charge on any atom is -0.438 e. The highest BCUT2D eigenvalue weighted by atomic mass is 16.5. The van der Waals surface area contributed by atoms with Crippen LogP contribution < -0.4 is 4.74 Å². The van der Waals surface area contributed by atoms with E-state index in [1.54, 1.807) is 0 Å². The Bertz CT molecular complexity index is 703. The lowest BCUT2D eigenvalue weighted by Gasteiger charge is -2.07. The van der Waals surface area contributed by atoms with Crippen LogP contribution >= 0.6 is 0 Å². The molecule has 3 aromatic rings. The maximum Gasteiger partial charge on any atom is 0.231 e. The van der Waals surface area contributed by atoms with E-state index in [2.05, 4.69) is 28.8 Å². The Balaban J connectivity index is 2.01. The molecule has 2 heterocycles. The molecule has 18 heavy (non-hydrogen) atoms. The number of ether oxygens (including phenoxy) is 1. The van der Waals surface area contributed by atoms with Gasteiger partial charge in [0.05, 0.1) is 5.39 Å². The van der Waals surface area contributed by atoms with Gasteiger partial charge in [-0.15, -0.1) is 0 Å². The van der Waals surface area contributed by atoms with Crippen LogP contribution in [0.2, 0.25) is 0 Å². The smallest absolute Gasteiger partial charge is 0.231 e. The number of hydrogen-bond acceptors (Lipinski definition) is 3. The summed E-state index contributed by atoms with van der Waals surface area (Å²) in [7, 11) is 0. The van der Waals surface area contributed by atoms with Gasteiger partial charge in [-0.2, -0.15) is 0 Å². The summed E-state index contributed by atoms with van der Waals surface area (Å²) < 4.78 is 5.81. The van der Waals surface area contributed by atoms with Gasteiger partial charge in [-0.05, 0) is 43.2 Å². The predicted molar refractivity (Wildman–Crippen MR) is 69.9 cm³/mol. The van der Waals surface area contributed by atoms with Gasteiger partial charge in [0.15, 0.2) is 0 Å². The molecule has 0 bridgehead atoms. The summed E-state index contributed by atoms with van der Waals surface area (Å²) in [6, 6.07) is 7.91. The zero-order valence-corrected chi connectivity index (χ0v) is 10.3. The fraction of sp³-hybridized carbons (Fsp3) is 0.143. The van der Waals surface area contributed by atoms with E-state index in [0.29, 0.717) is 5.88 Å². The number of fused-ring (bicyclic) bond motifs is 1. The first kappa shape index (κ1) is 10.8. The Morgan fingerprint density at radius 3 is 2.78 bits per heavy atom. The van der Waals surface area contributed by atoms with Crippen molar-refractivity contribution in [1.82, 2.24) is 15.0 Å². The number of nitrogens with zero attached hydrogens (tertiary/aromatic N) is 2. The molecule has 0 aliphatic heterocycles. The van der Waals surface area contributed by atoms with Gasteiger partial charge in [0.1, 0.15) is 17.7 Å². The molecule has 0 radical (unpaired) electrons. The molecule has 4 heteroatoms. The molecule has 0 atom stereocenters. The van der Waals surface area contributed by atoms with Crippen molar-refractivity contribution in [2.75, 3.05) is 0 Å². The van der Waals surface area contributed by atoms with E-state index in [4.69, 9.17) is 4.74 Å². The van der Waals surface area contributed by atoms with Crippen LogP contribution in [0.15, 0.2) is 36.8 Å². The maximum absolute atomic E-state index is 5.81. The third kappa shape index (κ3) is 1.82. The Morgan fingerprint density at radius 1 is 1.06 bits per heavy atom. The van der Waals surface area contributed by atoms with Crippen molar-refractivity contribution in [2.45, 2.75) is 13.8 Å². The summed E-state index contributed by atoms with van der Waals surface area (Å²) in [5, 5.41) is 0.885. The third-order valence-corrected chi connectivity index (χ3v) is 3.01. The molecule has 3 rings (SSSR count). The first-order chi connectivity index (χ1) is 8.74. The first-order valence-electron chi connectivity index (χ1n) is 5.77. The summed E-state index contributed by atoms with van der Waals surface area (Å²) >= 11 is 0. The van der Waals surface area contributed by atoms with Gasteiger partial charge in [0, 0.05) is 6.20 Å². The van der Waals surface area contributed by atoms with Crippen molar-refractivity contribution in [1.29, 1.82) is 0 Å². The van der Waals surface area contributed by atoms with E-state index in [0.717, 1.165) is 16.8 Å².